The molecule has 4 nitrogen and oxygen atoms in total. The van der Waals surface area contributed by atoms with E-state index in [1.54, 1.807) is 6.08 Å². The van der Waals surface area contributed by atoms with Crippen LogP contribution < -0.4 is 4.74 Å². The monoisotopic (exact) mass is 447 g/mol. The van der Waals surface area contributed by atoms with Crippen LogP contribution in [0.1, 0.15) is 30.9 Å². The van der Waals surface area contributed by atoms with Gasteiger partial charge in [0, 0.05) is 9.13 Å². The van der Waals surface area contributed by atoms with E-state index in [-0.39, 0.29) is 0 Å². The van der Waals surface area contributed by atoms with Crippen molar-refractivity contribution < 1.29 is 14.3 Å². The quantitative estimate of drug-likeness (QED) is 0.276. The number of rotatable bonds is 6. The molecule has 2 aromatic rings. The molecular formula is C20H18INO3. The van der Waals surface area contributed by atoms with Crippen molar-refractivity contribution in [3.63, 3.8) is 0 Å². The number of aliphatic imine (C=N–C) groups is 1. The van der Waals surface area contributed by atoms with Gasteiger partial charge >= 0.3 is 5.97 Å². The van der Waals surface area contributed by atoms with Crippen LogP contribution in [0.4, 0.5) is 0 Å². The first-order valence-electron chi connectivity index (χ1n) is 8.17. The first-order chi connectivity index (χ1) is 12.2. The molecule has 0 unspecified atom stereocenters. The Morgan fingerprint density at radius 3 is 2.72 bits per heavy atom. The highest BCUT2D eigenvalue weighted by Crippen LogP contribution is 2.21. The Bertz CT molecular complexity index is 825. The maximum absolute atomic E-state index is 12.1. The molecule has 0 fully saturated rings. The van der Waals surface area contributed by atoms with Crippen LogP contribution in [0.5, 0.6) is 5.75 Å². The van der Waals surface area contributed by atoms with Crippen LogP contribution >= 0.6 is 22.6 Å². The van der Waals surface area contributed by atoms with Gasteiger partial charge in [-0.05, 0) is 71.0 Å². The number of nitrogens with zero attached hydrogens (tertiary/aromatic N) is 1. The zero-order valence-electron chi connectivity index (χ0n) is 13.9. The lowest BCUT2D eigenvalue weighted by Gasteiger charge is -2.05. The summed E-state index contributed by atoms with van der Waals surface area (Å²) in [5.41, 5.74) is 1.97. The number of hydrogen-bond acceptors (Lipinski definition) is 4. The topological polar surface area (TPSA) is 47.9 Å². The molecule has 0 N–H and O–H groups in total. The lowest BCUT2D eigenvalue weighted by atomic mass is 10.2. The number of benzene rings is 2. The fourth-order valence-electron chi connectivity index (χ4n) is 2.31. The fraction of sp³-hybridized carbons (Fsp3) is 0.200. The predicted molar refractivity (Wildman–Crippen MR) is 107 cm³/mol. The largest absolute Gasteiger partial charge is 0.494 e. The van der Waals surface area contributed by atoms with Crippen molar-refractivity contribution in [2.75, 3.05) is 6.61 Å². The molecule has 1 aliphatic heterocycles. The SMILES string of the molecule is CCCCOc1ccc(C=C2N=C(c3cccc(I)c3)OC2=O)cc1. The lowest BCUT2D eigenvalue weighted by Crippen LogP contribution is -2.05. The van der Waals surface area contributed by atoms with Gasteiger partial charge in [-0.1, -0.05) is 31.5 Å². The second-order valence-corrected chi connectivity index (χ2v) is 6.86. The van der Waals surface area contributed by atoms with Gasteiger partial charge in [0.15, 0.2) is 5.70 Å². The van der Waals surface area contributed by atoms with Crippen LogP contribution in [0.25, 0.3) is 6.08 Å². The maximum atomic E-state index is 12.1. The Labute approximate surface area is 160 Å². The van der Waals surface area contributed by atoms with Crippen molar-refractivity contribution in [1.29, 1.82) is 0 Å². The minimum atomic E-state index is -0.433. The van der Waals surface area contributed by atoms with Crippen LogP contribution in [0.15, 0.2) is 59.2 Å². The van der Waals surface area contributed by atoms with E-state index in [1.165, 1.54) is 0 Å². The van der Waals surface area contributed by atoms with Gasteiger partial charge in [-0.25, -0.2) is 9.79 Å². The minimum Gasteiger partial charge on any atom is -0.494 e. The van der Waals surface area contributed by atoms with Gasteiger partial charge in [-0.3, -0.25) is 0 Å². The number of hydrogen-bond donors (Lipinski definition) is 0. The molecular weight excluding hydrogens is 429 g/mol. The molecule has 128 valence electrons. The zero-order valence-corrected chi connectivity index (χ0v) is 16.0. The Morgan fingerprint density at radius 2 is 2.00 bits per heavy atom. The van der Waals surface area contributed by atoms with Crippen LogP contribution in [0, 0.1) is 3.57 Å². The van der Waals surface area contributed by atoms with Crippen molar-refractivity contribution in [2.24, 2.45) is 4.99 Å². The second-order valence-electron chi connectivity index (χ2n) is 5.62. The van der Waals surface area contributed by atoms with Gasteiger partial charge in [0.25, 0.3) is 0 Å². The molecule has 0 bridgehead atoms. The maximum Gasteiger partial charge on any atom is 0.363 e. The van der Waals surface area contributed by atoms with E-state index in [0.29, 0.717) is 18.2 Å². The third-order valence-corrected chi connectivity index (χ3v) is 4.31. The van der Waals surface area contributed by atoms with E-state index in [2.05, 4.69) is 34.5 Å². The predicted octanol–water partition coefficient (Wildman–Crippen LogP) is 4.81. The van der Waals surface area contributed by atoms with E-state index < -0.39 is 5.97 Å². The first-order valence-corrected chi connectivity index (χ1v) is 9.25. The second kappa shape index (κ2) is 8.29. The molecule has 2 aromatic carbocycles. The van der Waals surface area contributed by atoms with Crippen molar-refractivity contribution in [1.82, 2.24) is 0 Å². The number of unbranched alkanes of at least 4 members (excludes halogenated alkanes) is 1. The summed E-state index contributed by atoms with van der Waals surface area (Å²) in [6.45, 7) is 2.84. The summed E-state index contributed by atoms with van der Waals surface area (Å²) < 4.78 is 12.0. The normalized spacial score (nSPS) is 15.2. The highest BCUT2D eigenvalue weighted by molar-refractivity contribution is 14.1. The summed E-state index contributed by atoms with van der Waals surface area (Å²) >= 11 is 2.21. The molecule has 1 heterocycles. The van der Waals surface area contributed by atoms with Gasteiger partial charge < -0.3 is 9.47 Å². The van der Waals surface area contributed by atoms with E-state index >= 15 is 0 Å². The van der Waals surface area contributed by atoms with E-state index in [0.717, 1.165) is 33.3 Å². The summed E-state index contributed by atoms with van der Waals surface area (Å²) in [5.74, 6) is 0.735. The Kier molecular flexibility index (Phi) is 5.86. The Hall–Kier alpha value is -2.15. The number of ether oxygens (including phenoxy) is 2. The first kappa shape index (κ1) is 17.7. The van der Waals surface area contributed by atoms with E-state index in [1.807, 2.05) is 48.5 Å². The van der Waals surface area contributed by atoms with Gasteiger partial charge in [0.2, 0.25) is 5.90 Å². The standard InChI is InChI=1S/C20H18INO3/c1-2-3-11-24-17-9-7-14(8-10-17)12-18-20(23)25-19(22-18)15-5-4-6-16(21)13-15/h4-10,12-13H,2-3,11H2,1H3. The van der Waals surface area contributed by atoms with E-state index in [9.17, 15) is 4.79 Å². The van der Waals surface area contributed by atoms with Gasteiger partial charge in [0.05, 0.1) is 6.61 Å². The van der Waals surface area contributed by atoms with Crippen LogP contribution in [-0.2, 0) is 9.53 Å². The Balaban J connectivity index is 1.75. The summed E-state index contributed by atoms with van der Waals surface area (Å²) in [4.78, 5) is 16.4. The lowest BCUT2D eigenvalue weighted by molar-refractivity contribution is -0.129. The molecule has 0 saturated carbocycles. The molecule has 3 rings (SSSR count). The average molecular weight is 447 g/mol. The molecule has 0 aromatic heterocycles. The van der Waals surface area contributed by atoms with Crippen molar-refractivity contribution in [2.45, 2.75) is 19.8 Å². The fourth-order valence-corrected chi connectivity index (χ4v) is 2.85. The highest BCUT2D eigenvalue weighted by atomic mass is 127. The smallest absolute Gasteiger partial charge is 0.363 e. The molecule has 0 amide bonds. The summed E-state index contributed by atoms with van der Waals surface area (Å²) in [5, 5.41) is 0. The number of esters is 1. The van der Waals surface area contributed by atoms with Gasteiger partial charge in [-0.2, -0.15) is 0 Å². The molecule has 25 heavy (non-hydrogen) atoms. The zero-order chi connectivity index (χ0) is 17.6. The van der Waals surface area contributed by atoms with Crippen molar-refractivity contribution in [3.05, 3.63) is 68.9 Å². The molecule has 5 heteroatoms. The van der Waals surface area contributed by atoms with E-state index in [4.69, 9.17) is 9.47 Å². The summed E-state index contributed by atoms with van der Waals surface area (Å²) in [6, 6.07) is 15.3. The van der Waals surface area contributed by atoms with Crippen LogP contribution in [0.3, 0.4) is 0 Å². The molecule has 0 spiro atoms. The number of carbonyl (C=O) groups excluding carboxylic acids is 1. The van der Waals surface area contributed by atoms with Crippen LogP contribution in [-0.4, -0.2) is 18.5 Å². The van der Waals surface area contributed by atoms with Gasteiger partial charge in [0.1, 0.15) is 5.75 Å². The van der Waals surface area contributed by atoms with Crippen molar-refractivity contribution >= 4 is 40.5 Å². The third kappa shape index (κ3) is 4.69. The molecule has 0 saturated heterocycles. The minimum absolute atomic E-state index is 0.300. The number of cyclic esters (lactones) is 1. The summed E-state index contributed by atoms with van der Waals surface area (Å²) in [6.07, 6.45) is 3.86. The average Bonchev–Trinajstić information content (AvgIpc) is 2.97. The molecule has 0 atom stereocenters. The highest BCUT2D eigenvalue weighted by Gasteiger charge is 2.24. The molecule has 0 radical (unpaired) electrons. The van der Waals surface area contributed by atoms with Crippen molar-refractivity contribution in [3.8, 4) is 5.75 Å². The Morgan fingerprint density at radius 1 is 1.20 bits per heavy atom. The van der Waals surface area contributed by atoms with Crippen LogP contribution in [0.2, 0.25) is 0 Å². The third-order valence-electron chi connectivity index (χ3n) is 3.64. The molecule has 1 aliphatic rings. The number of carbonyl (C=O) groups is 1. The summed E-state index contributed by atoms with van der Waals surface area (Å²) in [7, 11) is 0. The number of halogens is 1. The van der Waals surface area contributed by atoms with Gasteiger partial charge in [-0.15, -0.1) is 0 Å². The molecule has 0 aliphatic carbocycles.